The van der Waals surface area contributed by atoms with Crippen LogP contribution in [-0.2, 0) is 16.1 Å². The zero-order chi connectivity index (χ0) is 21.5. The molecule has 0 aliphatic carbocycles. The molecule has 7 nitrogen and oxygen atoms in total. The zero-order valence-corrected chi connectivity index (χ0v) is 18.9. The number of hydrogen-bond acceptors (Lipinski definition) is 5. The van der Waals surface area contributed by atoms with E-state index >= 15 is 0 Å². The van der Waals surface area contributed by atoms with Crippen LogP contribution in [-0.4, -0.2) is 68.7 Å². The van der Waals surface area contributed by atoms with Gasteiger partial charge in [-0.3, -0.25) is 9.69 Å². The van der Waals surface area contributed by atoms with Crippen LogP contribution >= 0.6 is 15.9 Å². The second kappa shape index (κ2) is 10.4. The molecule has 0 radical (unpaired) electrons. The first kappa shape index (κ1) is 22.1. The summed E-state index contributed by atoms with van der Waals surface area (Å²) in [7, 11) is 3.19. The molecule has 2 amide bonds. The Morgan fingerprint density at radius 3 is 2.37 bits per heavy atom. The molecule has 0 atom stereocenters. The Hall–Kier alpha value is -2.58. The van der Waals surface area contributed by atoms with Crippen molar-refractivity contribution in [1.82, 2.24) is 9.80 Å². The third-order valence-electron chi connectivity index (χ3n) is 5.15. The molecule has 0 saturated carbocycles. The maximum Gasteiger partial charge on any atom is 0.321 e. The van der Waals surface area contributed by atoms with Crippen LogP contribution in [0.1, 0.15) is 5.56 Å². The molecule has 3 rings (SSSR count). The molecule has 0 spiro atoms. The fourth-order valence-electron chi connectivity index (χ4n) is 3.34. The van der Waals surface area contributed by atoms with E-state index in [0.717, 1.165) is 47.6 Å². The molecule has 0 unspecified atom stereocenters. The maximum atomic E-state index is 12.5. The van der Waals surface area contributed by atoms with E-state index in [4.69, 9.17) is 4.74 Å². The smallest absolute Gasteiger partial charge is 0.321 e. The molecule has 2 aromatic rings. The first-order chi connectivity index (χ1) is 14.5. The topological polar surface area (TPSA) is 65.1 Å². The van der Waals surface area contributed by atoms with E-state index in [0.29, 0.717) is 13.1 Å². The lowest BCUT2D eigenvalue weighted by molar-refractivity contribution is -0.142. The van der Waals surface area contributed by atoms with Gasteiger partial charge in [-0.1, -0.05) is 34.1 Å². The summed E-state index contributed by atoms with van der Waals surface area (Å²) in [5.74, 6) is -0.201. The van der Waals surface area contributed by atoms with Crippen LogP contribution in [0.3, 0.4) is 0 Å². The minimum atomic E-state index is -0.201. The summed E-state index contributed by atoms with van der Waals surface area (Å²) in [4.78, 5) is 29.9. The number of rotatable bonds is 6. The van der Waals surface area contributed by atoms with E-state index in [1.165, 1.54) is 7.11 Å². The normalized spacial score (nSPS) is 14.3. The van der Waals surface area contributed by atoms with E-state index in [2.05, 4.69) is 31.0 Å². The summed E-state index contributed by atoms with van der Waals surface area (Å²) in [5, 5.41) is 2.94. The summed E-state index contributed by atoms with van der Waals surface area (Å²) < 4.78 is 5.72. The van der Waals surface area contributed by atoms with Gasteiger partial charge in [0.25, 0.3) is 0 Å². The quantitative estimate of drug-likeness (QED) is 0.649. The third-order valence-corrected chi connectivity index (χ3v) is 5.92. The van der Waals surface area contributed by atoms with Crippen molar-refractivity contribution in [3.63, 3.8) is 0 Å². The second-order valence-electron chi connectivity index (χ2n) is 7.26. The number of piperazine rings is 1. The Labute approximate surface area is 185 Å². The van der Waals surface area contributed by atoms with Crippen molar-refractivity contribution in [3.05, 3.63) is 58.6 Å². The molecular formula is C22H27BrN4O3. The van der Waals surface area contributed by atoms with E-state index in [-0.39, 0.29) is 12.0 Å². The fourth-order valence-corrected chi connectivity index (χ4v) is 3.75. The lowest BCUT2D eigenvalue weighted by Gasteiger charge is -2.35. The molecule has 160 valence electrons. The van der Waals surface area contributed by atoms with Crippen molar-refractivity contribution in [1.29, 1.82) is 0 Å². The number of methoxy groups -OCH3 is 1. The molecule has 2 aromatic carbocycles. The Bertz CT molecular complexity index is 867. The number of halogens is 1. The zero-order valence-electron chi connectivity index (χ0n) is 17.3. The minimum absolute atomic E-state index is 0.157. The number of carbonyl (C=O) groups is 2. The SMILES string of the molecule is COC(=O)CN1CCN(c2ccc(NC(=O)N(C)Cc3ccccc3Br)cc2)CC1. The number of ether oxygens (including phenoxy) is 1. The van der Waals surface area contributed by atoms with Crippen LogP contribution in [0.4, 0.5) is 16.2 Å². The molecule has 1 heterocycles. The van der Waals surface area contributed by atoms with Crippen LogP contribution in [0.25, 0.3) is 0 Å². The lowest BCUT2D eigenvalue weighted by Crippen LogP contribution is -2.48. The Balaban J connectivity index is 1.50. The second-order valence-corrected chi connectivity index (χ2v) is 8.12. The maximum absolute atomic E-state index is 12.5. The van der Waals surface area contributed by atoms with E-state index < -0.39 is 0 Å². The van der Waals surface area contributed by atoms with Gasteiger partial charge >= 0.3 is 12.0 Å². The number of esters is 1. The van der Waals surface area contributed by atoms with Crippen molar-refractivity contribution in [3.8, 4) is 0 Å². The molecule has 0 aromatic heterocycles. The lowest BCUT2D eigenvalue weighted by atomic mass is 10.2. The third kappa shape index (κ3) is 5.96. The van der Waals surface area contributed by atoms with Crippen LogP contribution in [0.15, 0.2) is 53.0 Å². The number of urea groups is 1. The van der Waals surface area contributed by atoms with Crippen molar-refractivity contribution in [2.75, 3.05) is 57.1 Å². The molecule has 1 N–H and O–H groups in total. The van der Waals surface area contributed by atoms with Gasteiger partial charge < -0.3 is 19.9 Å². The predicted molar refractivity (Wildman–Crippen MR) is 122 cm³/mol. The Kier molecular flexibility index (Phi) is 7.70. The first-order valence-electron chi connectivity index (χ1n) is 9.86. The van der Waals surface area contributed by atoms with E-state index in [9.17, 15) is 9.59 Å². The van der Waals surface area contributed by atoms with Gasteiger partial charge in [-0.05, 0) is 35.9 Å². The molecule has 1 aliphatic heterocycles. The summed E-state index contributed by atoms with van der Waals surface area (Å²) in [6.07, 6.45) is 0. The number of hydrogen-bond donors (Lipinski definition) is 1. The average Bonchev–Trinajstić information content (AvgIpc) is 2.76. The number of nitrogens with zero attached hydrogens (tertiary/aromatic N) is 3. The van der Waals surface area contributed by atoms with Gasteiger partial charge in [-0.2, -0.15) is 0 Å². The molecular weight excluding hydrogens is 448 g/mol. The molecule has 8 heteroatoms. The molecule has 1 aliphatic rings. The highest BCUT2D eigenvalue weighted by Crippen LogP contribution is 2.21. The summed E-state index contributed by atoms with van der Waals surface area (Å²) in [5.41, 5.74) is 2.91. The van der Waals surface area contributed by atoms with Gasteiger partial charge in [0, 0.05) is 55.6 Å². The van der Waals surface area contributed by atoms with Gasteiger partial charge in [0.2, 0.25) is 0 Å². The number of anilines is 2. The Morgan fingerprint density at radius 2 is 1.73 bits per heavy atom. The van der Waals surface area contributed by atoms with Gasteiger partial charge in [0.1, 0.15) is 0 Å². The molecule has 1 fully saturated rings. The van der Waals surface area contributed by atoms with Gasteiger partial charge in [-0.15, -0.1) is 0 Å². The van der Waals surface area contributed by atoms with Crippen LogP contribution in [0, 0.1) is 0 Å². The van der Waals surface area contributed by atoms with Crippen molar-refractivity contribution >= 4 is 39.3 Å². The highest BCUT2D eigenvalue weighted by atomic mass is 79.9. The fraction of sp³-hybridized carbons (Fsp3) is 0.364. The van der Waals surface area contributed by atoms with E-state index in [1.54, 1.807) is 11.9 Å². The van der Waals surface area contributed by atoms with Crippen LogP contribution in [0.2, 0.25) is 0 Å². The van der Waals surface area contributed by atoms with Crippen LogP contribution in [0.5, 0.6) is 0 Å². The van der Waals surface area contributed by atoms with Crippen molar-refractivity contribution in [2.24, 2.45) is 0 Å². The average molecular weight is 475 g/mol. The monoisotopic (exact) mass is 474 g/mol. The van der Waals surface area contributed by atoms with Gasteiger partial charge in [-0.25, -0.2) is 4.79 Å². The molecule has 30 heavy (non-hydrogen) atoms. The standard InChI is InChI=1S/C22H27BrN4O3/c1-25(15-17-5-3-4-6-20(17)23)22(29)24-18-7-9-19(10-8-18)27-13-11-26(12-14-27)16-21(28)30-2/h3-10H,11-16H2,1-2H3,(H,24,29). The number of benzene rings is 2. The summed E-state index contributed by atoms with van der Waals surface area (Å²) in [6, 6.07) is 15.6. The highest BCUT2D eigenvalue weighted by Gasteiger charge is 2.19. The van der Waals surface area contributed by atoms with Crippen molar-refractivity contribution in [2.45, 2.75) is 6.54 Å². The summed E-state index contributed by atoms with van der Waals surface area (Å²) >= 11 is 3.52. The van der Waals surface area contributed by atoms with Gasteiger partial charge in [0.15, 0.2) is 0 Å². The number of amides is 2. The molecule has 0 bridgehead atoms. The first-order valence-corrected chi connectivity index (χ1v) is 10.7. The highest BCUT2D eigenvalue weighted by molar-refractivity contribution is 9.10. The van der Waals surface area contributed by atoms with E-state index in [1.807, 2.05) is 48.5 Å². The number of nitrogens with one attached hydrogen (secondary N) is 1. The summed E-state index contributed by atoms with van der Waals surface area (Å²) in [6.45, 7) is 4.17. The largest absolute Gasteiger partial charge is 0.468 e. The van der Waals surface area contributed by atoms with Crippen molar-refractivity contribution < 1.29 is 14.3 Å². The minimum Gasteiger partial charge on any atom is -0.468 e. The van der Waals surface area contributed by atoms with Gasteiger partial charge in [0.05, 0.1) is 13.7 Å². The Morgan fingerprint density at radius 1 is 1.07 bits per heavy atom. The van der Waals surface area contributed by atoms with Crippen LogP contribution < -0.4 is 10.2 Å². The predicted octanol–water partition coefficient (Wildman–Crippen LogP) is 3.41. The number of carbonyl (C=O) groups excluding carboxylic acids is 2. The molecule has 1 saturated heterocycles.